The van der Waals surface area contributed by atoms with Crippen LogP contribution in [0.3, 0.4) is 0 Å². The summed E-state index contributed by atoms with van der Waals surface area (Å²) in [6.07, 6.45) is 3.57. The van der Waals surface area contributed by atoms with Crippen LogP contribution in [0.15, 0.2) is 29.6 Å². The minimum atomic E-state index is -0.672. The third-order valence-electron chi connectivity index (χ3n) is 4.36. The fourth-order valence-corrected chi connectivity index (χ4v) is 3.40. The number of carbonyl (C=O) groups is 2. The quantitative estimate of drug-likeness (QED) is 0.320. The fraction of sp³-hybridized carbons (Fsp3) is 0.368. The second-order valence-electron chi connectivity index (χ2n) is 6.17. The fourth-order valence-electron chi connectivity index (χ4n) is 2.83. The molecular weight excluding hydrogens is 412 g/mol. The zero-order valence-electron chi connectivity index (χ0n) is 16.4. The Morgan fingerprint density at radius 1 is 1.28 bits per heavy atom. The summed E-state index contributed by atoms with van der Waals surface area (Å²) in [4.78, 5) is 24.8. The molecule has 0 radical (unpaired) electrons. The van der Waals surface area contributed by atoms with Gasteiger partial charge in [0.15, 0.2) is 0 Å². The predicted molar refractivity (Wildman–Crippen MR) is 117 cm³/mol. The van der Waals surface area contributed by atoms with Crippen LogP contribution in [0.1, 0.15) is 37.0 Å². The van der Waals surface area contributed by atoms with E-state index in [1.165, 1.54) is 12.1 Å². The van der Waals surface area contributed by atoms with E-state index < -0.39 is 11.8 Å². The first-order valence-electron chi connectivity index (χ1n) is 9.33. The van der Waals surface area contributed by atoms with Crippen molar-refractivity contribution >= 4 is 47.9 Å². The number of hydrogen-bond acceptors (Lipinski definition) is 5. The first kappa shape index (κ1) is 24.5. The molecular formula is C19H24BCl2N5O2. The molecule has 1 saturated heterocycles. The number of hydrogen-bond donors (Lipinski definition) is 4. The smallest absolute Gasteiger partial charge is 0.269 e. The predicted octanol–water partition coefficient (Wildman–Crippen LogP) is 3.41. The van der Waals surface area contributed by atoms with Crippen LogP contribution >= 0.6 is 23.2 Å². The van der Waals surface area contributed by atoms with Gasteiger partial charge in [-0.1, -0.05) is 55.8 Å². The second kappa shape index (κ2) is 12.1. The van der Waals surface area contributed by atoms with Crippen molar-refractivity contribution in [1.29, 1.82) is 10.7 Å². The zero-order valence-corrected chi connectivity index (χ0v) is 17.9. The molecule has 2 rings (SSSR count). The highest BCUT2D eigenvalue weighted by atomic mass is 35.5. The van der Waals surface area contributed by atoms with Gasteiger partial charge in [0, 0.05) is 18.2 Å². The summed E-state index contributed by atoms with van der Waals surface area (Å²) < 4.78 is 0. The molecule has 0 aromatic heterocycles. The molecule has 10 heteroatoms. The summed E-state index contributed by atoms with van der Waals surface area (Å²) in [7, 11) is 0. The van der Waals surface area contributed by atoms with Crippen LogP contribution in [0.4, 0.5) is 0 Å². The van der Waals surface area contributed by atoms with Gasteiger partial charge in [-0.05, 0) is 25.0 Å². The lowest BCUT2D eigenvalue weighted by Gasteiger charge is -2.24. The highest BCUT2D eigenvalue weighted by molar-refractivity contribution is 6.67. The summed E-state index contributed by atoms with van der Waals surface area (Å²) >= 11 is 12.0. The molecule has 2 amide bonds. The van der Waals surface area contributed by atoms with Crippen molar-refractivity contribution in [2.24, 2.45) is 5.73 Å². The van der Waals surface area contributed by atoms with Gasteiger partial charge in [-0.25, -0.2) is 5.26 Å². The highest BCUT2D eigenvalue weighted by Gasteiger charge is 2.26. The molecule has 0 saturated carbocycles. The highest BCUT2D eigenvalue weighted by Crippen LogP contribution is 2.24. The lowest BCUT2D eigenvalue weighted by molar-refractivity contribution is -0.118. The van der Waals surface area contributed by atoms with Crippen molar-refractivity contribution in [3.63, 3.8) is 0 Å². The number of nitrogens with one attached hydrogen (secondary N) is 3. The number of benzene rings is 1. The first-order chi connectivity index (χ1) is 13.9. The molecule has 154 valence electrons. The van der Waals surface area contributed by atoms with Gasteiger partial charge in [-0.15, -0.1) is 0 Å². The lowest BCUT2D eigenvalue weighted by atomic mass is 9.42. The summed E-state index contributed by atoms with van der Waals surface area (Å²) in [5.41, 5.74) is 5.42. The molecule has 1 aliphatic heterocycles. The Morgan fingerprint density at radius 3 is 2.31 bits per heavy atom. The Labute approximate surface area is 181 Å². The Kier molecular flexibility index (Phi) is 10.3. The van der Waals surface area contributed by atoms with E-state index in [9.17, 15) is 9.59 Å². The number of nitriles is 1. The minimum absolute atomic E-state index is 0.0165. The number of nitrogens with two attached hydrogens (primary N) is 1. The Morgan fingerprint density at radius 2 is 1.83 bits per heavy atom. The first-order valence-corrected chi connectivity index (χ1v) is 10.1. The second-order valence-corrected chi connectivity index (χ2v) is 6.99. The third kappa shape index (κ3) is 6.80. The molecule has 0 spiro atoms. The number of amides is 2. The van der Waals surface area contributed by atoms with Crippen molar-refractivity contribution in [3.05, 3.63) is 45.2 Å². The maximum Gasteiger partial charge on any atom is 0.269 e. The molecule has 0 aliphatic carbocycles. The van der Waals surface area contributed by atoms with Crippen LogP contribution in [0, 0.1) is 16.6 Å². The molecule has 7 nitrogen and oxygen atoms in total. The number of nitrogens with zero attached hydrogens (tertiary/aromatic N) is 1. The van der Waals surface area contributed by atoms with Gasteiger partial charge in [0.05, 0.1) is 21.3 Å². The standard InChI is InChI=1S/C17H18BCl2N5O2.C2H6/c19-11-2-1-3-12(20)14(11)16(26)25-13(8-21)15(23)17(27)24-10-4-6-18(9-22)7-5-10;1-2/h1-3,8,10,21H,4-7,23H2,(H,24,27)(H,25,26);1-2H3/b15-13+,21-8?;. The molecule has 1 aromatic carbocycles. The normalized spacial score (nSPS) is 14.5. The number of carbonyl (C=O) groups excluding carboxylic acids is 2. The Hall–Kier alpha value is -2.50. The van der Waals surface area contributed by atoms with Gasteiger partial charge in [-0.3, -0.25) is 9.59 Å². The van der Waals surface area contributed by atoms with Gasteiger partial charge in [-0.2, -0.15) is 0 Å². The molecule has 1 heterocycles. The Bertz CT molecular complexity index is 810. The Balaban J connectivity index is 0.00000204. The molecule has 1 aromatic rings. The van der Waals surface area contributed by atoms with Crippen LogP contribution in [0.2, 0.25) is 22.7 Å². The average molecular weight is 436 g/mol. The van der Waals surface area contributed by atoms with E-state index in [2.05, 4.69) is 16.6 Å². The zero-order chi connectivity index (χ0) is 22.0. The molecule has 1 fully saturated rings. The van der Waals surface area contributed by atoms with Gasteiger partial charge in [0.1, 0.15) is 5.70 Å². The van der Waals surface area contributed by atoms with E-state index in [0.29, 0.717) is 25.5 Å². The largest absolute Gasteiger partial charge is 0.393 e. The van der Waals surface area contributed by atoms with Crippen LogP contribution in [0.5, 0.6) is 0 Å². The van der Waals surface area contributed by atoms with E-state index in [4.69, 9.17) is 39.6 Å². The van der Waals surface area contributed by atoms with E-state index in [-0.39, 0.29) is 39.8 Å². The summed E-state index contributed by atoms with van der Waals surface area (Å²) in [6.45, 7) is 4.02. The van der Waals surface area contributed by atoms with Gasteiger partial charge in [0.2, 0.25) is 0 Å². The maximum atomic E-state index is 12.4. The van der Waals surface area contributed by atoms with Gasteiger partial charge >= 0.3 is 0 Å². The minimum Gasteiger partial charge on any atom is -0.393 e. The number of halogens is 2. The molecule has 5 N–H and O–H groups in total. The molecule has 1 aliphatic rings. The van der Waals surface area contributed by atoms with E-state index in [0.717, 1.165) is 6.21 Å². The topological polar surface area (TPSA) is 132 Å². The molecule has 0 unspecified atom stereocenters. The molecule has 0 atom stereocenters. The SMILES string of the molecule is CC.N#CB1CCC(NC(=O)/C(N)=C(/C=N)NC(=O)c2c(Cl)cccc2Cl)CC1. The molecule has 0 bridgehead atoms. The summed E-state index contributed by atoms with van der Waals surface area (Å²) in [5, 5.41) is 21.8. The van der Waals surface area contributed by atoms with Crippen LogP contribution in [-0.2, 0) is 4.79 Å². The van der Waals surface area contributed by atoms with Crippen molar-refractivity contribution in [1.82, 2.24) is 10.6 Å². The average Bonchev–Trinajstić information content (AvgIpc) is 2.73. The van der Waals surface area contributed by atoms with Crippen molar-refractivity contribution in [3.8, 4) is 5.97 Å². The van der Waals surface area contributed by atoms with Gasteiger partial charge < -0.3 is 21.8 Å². The monoisotopic (exact) mass is 435 g/mol. The third-order valence-corrected chi connectivity index (χ3v) is 4.99. The van der Waals surface area contributed by atoms with Crippen molar-refractivity contribution in [2.45, 2.75) is 45.4 Å². The van der Waals surface area contributed by atoms with Crippen LogP contribution in [-0.4, -0.2) is 30.8 Å². The lowest BCUT2D eigenvalue weighted by Crippen LogP contribution is -2.42. The summed E-state index contributed by atoms with van der Waals surface area (Å²) in [6, 6.07) is 4.51. The van der Waals surface area contributed by atoms with Crippen molar-refractivity contribution in [2.75, 3.05) is 0 Å². The van der Waals surface area contributed by atoms with Crippen LogP contribution < -0.4 is 16.4 Å². The van der Waals surface area contributed by atoms with E-state index in [1.54, 1.807) is 6.07 Å². The summed E-state index contributed by atoms with van der Waals surface area (Å²) in [5.74, 6) is 0.973. The van der Waals surface area contributed by atoms with Crippen LogP contribution in [0.25, 0.3) is 0 Å². The van der Waals surface area contributed by atoms with Crippen molar-refractivity contribution < 1.29 is 9.59 Å². The maximum absolute atomic E-state index is 12.4. The van der Waals surface area contributed by atoms with E-state index in [1.807, 2.05) is 13.8 Å². The molecule has 29 heavy (non-hydrogen) atoms. The number of allylic oxidation sites excluding steroid dienone is 1. The number of rotatable bonds is 5. The van der Waals surface area contributed by atoms with E-state index >= 15 is 0 Å². The van der Waals surface area contributed by atoms with Gasteiger partial charge in [0.25, 0.3) is 18.5 Å².